The molecule has 1 heterocycles. The van der Waals surface area contributed by atoms with Gasteiger partial charge in [-0.2, -0.15) is 0 Å². The molecule has 0 saturated carbocycles. The van der Waals surface area contributed by atoms with Gasteiger partial charge in [0.25, 0.3) is 0 Å². The number of aliphatic hydroxyl groups is 1. The van der Waals surface area contributed by atoms with Crippen molar-refractivity contribution >= 4 is 17.3 Å². The summed E-state index contributed by atoms with van der Waals surface area (Å²) in [5.41, 5.74) is 1.35. The third-order valence-electron chi connectivity index (χ3n) is 6.28. The van der Waals surface area contributed by atoms with Gasteiger partial charge in [-0.25, -0.2) is 0 Å². The second-order valence-corrected chi connectivity index (χ2v) is 8.79. The second-order valence-electron chi connectivity index (χ2n) is 8.79. The van der Waals surface area contributed by atoms with E-state index in [1.54, 1.807) is 36.5 Å². The summed E-state index contributed by atoms with van der Waals surface area (Å²) in [6.07, 6.45) is 14.1. The third kappa shape index (κ3) is 6.61. The van der Waals surface area contributed by atoms with Crippen molar-refractivity contribution in [1.29, 1.82) is 0 Å². The number of carbonyl (C=O) groups excluding carboxylic acids is 2. The van der Waals surface area contributed by atoms with Crippen LogP contribution in [0.5, 0.6) is 0 Å². The van der Waals surface area contributed by atoms with Crippen LogP contribution in [0.3, 0.4) is 0 Å². The van der Waals surface area contributed by atoms with Gasteiger partial charge in [0.1, 0.15) is 5.76 Å². The SMILES string of the molecule is CCCCCCCCCCCCNC(C1=C(O)c2ccccc2C(=O)C1=O)c1ccccn1. The molecular formula is C28H36N2O3. The van der Waals surface area contributed by atoms with Gasteiger partial charge in [-0.3, -0.25) is 14.6 Å². The van der Waals surface area contributed by atoms with Crippen LogP contribution in [0.15, 0.2) is 54.2 Å². The molecular weight excluding hydrogens is 412 g/mol. The number of fused-ring (bicyclic) bond motifs is 1. The lowest BCUT2D eigenvalue weighted by atomic mass is 9.84. The summed E-state index contributed by atoms with van der Waals surface area (Å²) in [6, 6.07) is 11.5. The van der Waals surface area contributed by atoms with Crippen molar-refractivity contribution in [3.8, 4) is 0 Å². The number of nitrogens with zero attached hydrogens (tertiary/aromatic N) is 1. The zero-order valence-corrected chi connectivity index (χ0v) is 19.7. The van der Waals surface area contributed by atoms with E-state index in [0.29, 0.717) is 17.8 Å². The minimum atomic E-state index is -0.669. The molecule has 1 aliphatic carbocycles. The van der Waals surface area contributed by atoms with Gasteiger partial charge in [0.2, 0.25) is 11.6 Å². The van der Waals surface area contributed by atoms with Crippen molar-refractivity contribution in [2.45, 2.75) is 77.2 Å². The van der Waals surface area contributed by atoms with E-state index in [2.05, 4.69) is 17.2 Å². The summed E-state index contributed by atoms with van der Waals surface area (Å²) < 4.78 is 0. The number of Topliss-reactive ketones (excluding diaryl/α,β-unsaturated/α-hetero) is 2. The van der Waals surface area contributed by atoms with Crippen molar-refractivity contribution in [1.82, 2.24) is 10.3 Å². The molecule has 2 aromatic rings. The maximum absolute atomic E-state index is 13.0. The first-order valence-corrected chi connectivity index (χ1v) is 12.4. The molecule has 5 heteroatoms. The van der Waals surface area contributed by atoms with Gasteiger partial charge in [-0.15, -0.1) is 0 Å². The van der Waals surface area contributed by atoms with Crippen LogP contribution in [-0.2, 0) is 4.79 Å². The summed E-state index contributed by atoms with van der Waals surface area (Å²) in [4.78, 5) is 30.1. The molecule has 3 rings (SSSR count). The molecule has 0 saturated heterocycles. The van der Waals surface area contributed by atoms with Gasteiger partial charge in [0, 0.05) is 17.3 Å². The number of benzene rings is 1. The molecule has 1 aliphatic rings. The van der Waals surface area contributed by atoms with Gasteiger partial charge < -0.3 is 10.4 Å². The Bertz CT molecular complexity index is 953. The summed E-state index contributed by atoms with van der Waals surface area (Å²) in [6.45, 7) is 2.92. The predicted octanol–water partition coefficient (Wildman–Crippen LogP) is 6.37. The molecule has 0 bridgehead atoms. The highest BCUT2D eigenvalue weighted by Gasteiger charge is 2.37. The normalized spacial score (nSPS) is 14.5. The highest BCUT2D eigenvalue weighted by molar-refractivity contribution is 6.52. The van der Waals surface area contributed by atoms with Crippen LogP contribution in [0.25, 0.3) is 5.76 Å². The number of carbonyl (C=O) groups is 2. The number of rotatable bonds is 14. The number of aliphatic hydroxyl groups excluding tert-OH is 1. The first-order valence-electron chi connectivity index (χ1n) is 12.4. The smallest absolute Gasteiger partial charge is 0.235 e. The van der Waals surface area contributed by atoms with Crippen molar-refractivity contribution in [2.24, 2.45) is 0 Å². The summed E-state index contributed by atoms with van der Waals surface area (Å²) in [5, 5.41) is 14.3. The molecule has 5 nitrogen and oxygen atoms in total. The Kier molecular flexibility index (Phi) is 9.82. The number of aromatic nitrogens is 1. The molecule has 0 aliphatic heterocycles. The van der Waals surface area contributed by atoms with E-state index in [0.717, 1.165) is 12.8 Å². The van der Waals surface area contributed by atoms with E-state index in [1.807, 2.05) is 12.1 Å². The Balaban J connectivity index is 1.61. The Hall–Kier alpha value is -2.79. The molecule has 0 fully saturated rings. The average Bonchev–Trinajstić information content (AvgIpc) is 2.85. The van der Waals surface area contributed by atoms with Gasteiger partial charge >= 0.3 is 0 Å². The van der Waals surface area contributed by atoms with Crippen molar-refractivity contribution in [3.05, 3.63) is 71.1 Å². The maximum atomic E-state index is 13.0. The van der Waals surface area contributed by atoms with Crippen LogP contribution in [0.4, 0.5) is 0 Å². The molecule has 1 unspecified atom stereocenters. The van der Waals surface area contributed by atoms with Gasteiger partial charge in [0.05, 0.1) is 17.3 Å². The molecule has 0 radical (unpaired) electrons. The van der Waals surface area contributed by atoms with Gasteiger partial charge in [-0.05, 0) is 25.1 Å². The fourth-order valence-corrected chi connectivity index (χ4v) is 4.41. The number of nitrogens with one attached hydrogen (secondary N) is 1. The fraction of sp³-hybridized carbons (Fsp3) is 0.464. The Morgan fingerprint density at radius 3 is 2.03 bits per heavy atom. The molecule has 1 aromatic heterocycles. The summed E-state index contributed by atoms with van der Waals surface area (Å²) in [5.74, 6) is -1.39. The Morgan fingerprint density at radius 1 is 0.788 bits per heavy atom. The molecule has 2 N–H and O–H groups in total. The van der Waals surface area contributed by atoms with Crippen LogP contribution in [0.2, 0.25) is 0 Å². The molecule has 0 amide bonds. The van der Waals surface area contributed by atoms with Crippen LogP contribution >= 0.6 is 0 Å². The monoisotopic (exact) mass is 448 g/mol. The average molecular weight is 449 g/mol. The number of hydrogen-bond donors (Lipinski definition) is 2. The number of hydrogen-bond acceptors (Lipinski definition) is 5. The maximum Gasteiger partial charge on any atom is 0.235 e. The van der Waals surface area contributed by atoms with E-state index in [4.69, 9.17) is 0 Å². The largest absolute Gasteiger partial charge is 0.507 e. The minimum absolute atomic E-state index is 0.0875. The van der Waals surface area contributed by atoms with Gasteiger partial charge in [-0.1, -0.05) is 95.0 Å². The van der Waals surface area contributed by atoms with E-state index < -0.39 is 17.6 Å². The van der Waals surface area contributed by atoms with Crippen molar-refractivity contribution in [2.75, 3.05) is 6.54 Å². The quantitative estimate of drug-likeness (QED) is 0.259. The van der Waals surface area contributed by atoms with E-state index in [9.17, 15) is 14.7 Å². The van der Waals surface area contributed by atoms with E-state index in [1.165, 1.54) is 51.4 Å². The van der Waals surface area contributed by atoms with Gasteiger partial charge in [0.15, 0.2) is 0 Å². The number of pyridine rings is 1. The van der Waals surface area contributed by atoms with E-state index in [-0.39, 0.29) is 16.9 Å². The second kappa shape index (κ2) is 13.0. The number of ketones is 2. The molecule has 1 aromatic carbocycles. The highest BCUT2D eigenvalue weighted by atomic mass is 16.3. The standard InChI is InChI=1S/C28H36N2O3/c1-2-3-4-5-6-7-8-9-10-14-20-30-25(23-18-13-15-19-29-23)24-26(31)21-16-11-12-17-22(21)27(32)28(24)33/h11-13,15-19,25,30-31H,2-10,14,20H2,1H3. The lowest BCUT2D eigenvalue weighted by Crippen LogP contribution is -2.34. The molecule has 1 atom stereocenters. The highest BCUT2D eigenvalue weighted by Crippen LogP contribution is 2.34. The van der Waals surface area contributed by atoms with Crippen molar-refractivity contribution < 1.29 is 14.7 Å². The van der Waals surface area contributed by atoms with Crippen molar-refractivity contribution in [3.63, 3.8) is 0 Å². The zero-order valence-electron chi connectivity index (χ0n) is 19.7. The zero-order chi connectivity index (χ0) is 23.5. The Labute approximate surface area is 197 Å². The molecule has 0 spiro atoms. The predicted molar refractivity (Wildman–Crippen MR) is 132 cm³/mol. The van der Waals surface area contributed by atoms with E-state index >= 15 is 0 Å². The topological polar surface area (TPSA) is 79.3 Å². The van der Waals surface area contributed by atoms with Crippen LogP contribution < -0.4 is 5.32 Å². The molecule has 176 valence electrons. The fourth-order valence-electron chi connectivity index (χ4n) is 4.41. The molecule has 33 heavy (non-hydrogen) atoms. The minimum Gasteiger partial charge on any atom is -0.507 e. The third-order valence-corrected chi connectivity index (χ3v) is 6.28. The summed E-state index contributed by atoms with van der Waals surface area (Å²) >= 11 is 0. The first kappa shape index (κ1) is 24.8. The van der Waals surface area contributed by atoms with Crippen LogP contribution in [0, 0.1) is 0 Å². The summed E-state index contributed by atoms with van der Waals surface area (Å²) in [7, 11) is 0. The lowest BCUT2D eigenvalue weighted by Gasteiger charge is -2.25. The first-order chi connectivity index (χ1) is 16.1. The van der Waals surface area contributed by atoms with Crippen LogP contribution in [-0.4, -0.2) is 28.2 Å². The number of unbranched alkanes of at least 4 members (excludes halogenated alkanes) is 9. The lowest BCUT2D eigenvalue weighted by molar-refractivity contribution is -0.112. The Morgan fingerprint density at radius 2 is 1.39 bits per heavy atom. The van der Waals surface area contributed by atoms with Crippen LogP contribution in [0.1, 0.15) is 98.8 Å².